The molecule has 15 heteroatoms. The summed E-state index contributed by atoms with van der Waals surface area (Å²) in [6.45, 7) is 2.02. The summed E-state index contributed by atoms with van der Waals surface area (Å²) in [5, 5.41) is 36.2. The summed E-state index contributed by atoms with van der Waals surface area (Å²) in [6.07, 6.45) is -4.41. The van der Waals surface area contributed by atoms with E-state index in [4.69, 9.17) is 9.47 Å². The molecule has 37 heavy (non-hydrogen) atoms. The molecular weight excluding hydrogens is 507 g/mol. The highest BCUT2D eigenvalue weighted by atomic mass is 19.3. The summed E-state index contributed by atoms with van der Waals surface area (Å²) in [6, 6.07) is 0.719. The van der Waals surface area contributed by atoms with Crippen LogP contribution >= 0.6 is 0 Å². The maximum Gasteiger partial charge on any atom is 0.262 e. The van der Waals surface area contributed by atoms with E-state index in [2.05, 4.69) is 20.6 Å². The Morgan fingerprint density at radius 2 is 1.81 bits per heavy atom. The van der Waals surface area contributed by atoms with Gasteiger partial charge < -0.3 is 19.7 Å². The van der Waals surface area contributed by atoms with Crippen LogP contribution in [0.5, 0.6) is 0 Å². The van der Waals surface area contributed by atoms with Gasteiger partial charge in [-0.2, -0.15) is 0 Å². The summed E-state index contributed by atoms with van der Waals surface area (Å²) in [4.78, 5) is 0. The van der Waals surface area contributed by atoms with Crippen LogP contribution in [0, 0.1) is 17.5 Å². The molecular formula is C22H25F5N6O4. The van der Waals surface area contributed by atoms with Gasteiger partial charge in [-0.3, -0.25) is 0 Å². The second-order valence-electron chi connectivity index (χ2n) is 9.20. The molecule has 1 fully saturated rings. The van der Waals surface area contributed by atoms with Gasteiger partial charge in [0.2, 0.25) is 0 Å². The van der Waals surface area contributed by atoms with Crippen LogP contribution in [0.3, 0.4) is 0 Å². The Labute approximate surface area is 207 Å². The molecule has 0 radical (unpaired) electrons. The first-order valence-electron chi connectivity index (χ1n) is 11.2. The molecule has 202 valence electrons. The highest BCUT2D eigenvalue weighted by molar-refractivity contribution is 5.58. The lowest BCUT2D eigenvalue weighted by molar-refractivity contribution is -0.212. The molecule has 0 spiro atoms. The number of aliphatic hydroxyl groups is 2. The standard InChI is InChI=1S/C22H25F5N6O4/c1-22(2,21(26)27)33-7-10(28-31-33)6-14-20(36-3)18(19(35)15(9-34)37-14)32-8-13(29-30-32)11-4-5-12(23)17(25)16(11)24/h4-5,7-8,14-15,18-21,34-35H,6,9H2,1-3H3/t14-,15-,18+,19+,20+/m1/s1. The average molecular weight is 532 g/mol. The van der Waals surface area contributed by atoms with Gasteiger partial charge in [-0.05, 0) is 26.0 Å². The number of alkyl halides is 2. The predicted molar refractivity (Wildman–Crippen MR) is 116 cm³/mol. The average Bonchev–Trinajstić information content (AvgIpc) is 3.53. The minimum Gasteiger partial charge on any atom is -0.394 e. The summed E-state index contributed by atoms with van der Waals surface area (Å²) in [7, 11) is 1.34. The first-order valence-corrected chi connectivity index (χ1v) is 11.2. The molecule has 1 aromatic carbocycles. The van der Waals surface area contributed by atoms with E-state index in [1.807, 2.05) is 0 Å². The van der Waals surface area contributed by atoms with Gasteiger partial charge in [0.25, 0.3) is 6.43 Å². The van der Waals surface area contributed by atoms with Gasteiger partial charge in [-0.25, -0.2) is 31.3 Å². The number of halogens is 5. The molecule has 3 heterocycles. The maximum atomic E-state index is 14.3. The lowest BCUT2D eigenvalue weighted by Crippen LogP contribution is -2.57. The van der Waals surface area contributed by atoms with Gasteiger partial charge in [0.05, 0.1) is 24.6 Å². The molecule has 5 atom stereocenters. The predicted octanol–water partition coefficient (Wildman–Crippen LogP) is 1.87. The lowest BCUT2D eigenvalue weighted by Gasteiger charge is -2.43. The molecule has 2 N–H and O–H groups in total. The van der Waals surface area contributed by atoms with Crippen molar-refractivity contribution >= 4 is 0 Å². The molecule has 0 amide bonds. The van der Waals surface area contributed by atoms with Crippen molar-refractivity contribution in [2.24, 2.45) is 0 Å². The van der Waals surface area contributed by atoms with E-state index >= 15 is 0 Å². The third kappa shape index (κ3) is 4.95. The first-order chi connectivity index (χ1) is 17.5. The SMILES string of the molecule is CO[C@@H]1[C@@H](n2cc(-c3ccc(F)c(F)c3F)nn2)[C@@H](O)[C@@H](CO)O[C@@H]1Cc1cn(C(C)(C)C(F)F)nn1. The summed E-state index contributed by atoms with van der Waals surface area (Å²) in [5.74, 6) is -4.49. The van der Waals surface area contributed by atoms with E-state index < -0.39 is 66.5 Å². The van der Waals surface area contributed by atoms with Crippen molar-refractivity contribution in [2.45, 2.75) is 62.7 Å². The van der Waals surface area contributed by atoms with Gasteiger partial charge in [-0.1, -0.05) is 10.4 Å². The molecule has 10 nitrogen and oxygen atoms in total. The number of rotatable bonds is 8. The number of ether oxygens (including phenoxy) is 2. The monoisotopic (exact) mass is 532 g/mol. The molecule has 2 aromatic heterocycles. The molecule has 0 unspecified atom stereocenters. The zero-order valence-electron chi connectivity index (χ0n) is 20.0. The fourth-order valence-corrected chi connectivity index (χ4v) is 4.18. The number of methoxy groups -OCH3 is 1. The zero-order valence-corrected chi connectivity index (χ0v) is 20.0. The smallest absolute Gasteiger partial charge is 0.262 e. The summed E-state index contributed by atoms with van der Waals surface area (Å²) >= 11 is 0. The van der Waals surface area contributed by atoms with Crippen LogP contribution in [0.25, 0.3) is 11.3 Å². The van der Waals surface area contributed by atoms with Crippen LogP contribution < -0.4 is 0 Å². The molecule has 1 aliphatic rings. The number of aliphatic hydroxyl groups excluding tert-OH is 2. The Kier molecular flexibility index (Phi) is 7.60. The molecule has 0 aliphatic carbocycles. The van der Waals surface area contributed by atoms with Crippen molar-refractivity contribution in [2.75, 3.05) is 13.7 Å². The molecule has 3 aromatic rings. The van der Waals surface area contributed by atoms with E-state index in [0.29, 0.717) is 0 Å². The van der Waals surface area contributed by atoms with Crippen LogP contribution in [0.1, 0.15) is 25.6 Å². The fraction of sp³-hybridized carbons (Fsp3) is 0.545. The van der Waals surface area contributed by atoms with Crippen LogP contribution in [0.4, 0.5) is 22.0 Å². The third-order valence-corrected chi connectivity index (χ3v) is 6.44. The van der Waals surface area contributed by atoms with E-state index in [1.54, 1.807) is 0 Å². The normalized spacial score (nSPS) is 24.7. The Morgan fingerprint density at radius 3 is 2.46 bits per heavy atom. The Bertz CT molecular complexity index is 1240. The second kappa shape index (κ2) is 10.4. The van der Waals surface area contributed by atoms with Crippen LogP contribution in [0.2, 0.25) is 0 Å². The van der Waals surface area contributed by atoms with Crippen LogP contribution in [-0.4, -0.2) is 84.8 Å². The van der Waals surface area contributed by atoms with E-state index in [0.717, 1.165) is 21.5 Å². The Balaban J connectivity index is 1.64. The molecule has 0 bridgehead atoms. The number of hydrogen-bond acceptors (Lipinski definition) is 8. The highest BCUT2D eigenvalue weighted by Gasteiger charge is 2.47. The molecule has 1 aliphatic heterocycles. The fourth-order valence-electron chi connectivity index (χ4n) is 4.18. The van der Waals surface area contributed by atoms with Crippen LogP contribution in [-0.2, 0) is 21.4 Å². The number of benzene rings is 1. The number of aromatic nitrogens is 6. The highest BCUT2D eigenvalue weighted by Crippen LogP contribution is 2.34. The number of hydrogen-bond donors (Lipinski definition) is 2. The lowest BCUT2D eigenvalue weighted by atomic mass is 9.90. The number of nitrogens with zero attached hydrogens (tertiary/aromatic N) is 6. The van der Waals surface area contributed by atoms with Crippen molar-refractivity contribution in [3.05, 3.63) is 47.7 Å². The van der Waals surface area contributed by atoms with Gasteiger partial charge >= 0.3 is 0 Å². The van der Waals surface area contributed by atoms with E-state index in [1.165, 1.54) is 33.4 Å². The first kappa shape index (κ1) is 27.0. The van der Waals surface area contributed by atoms with Crippen molar-refractivity contribution in [3.8, 4) is 11.3 Å². The van der Waals surface area contributed by atoms with Gasteiger partial charge in [0, 0.05) is 25.3 Å². The largest absolute Gasteiger partial charge is 0.394 e. The summed E-state index contributed by atoms with van der Waals surface area (Å²) in [5.41, 5.74) is -1.82. The van der Waals surface area contributed by atoms with Crippen molar-refractivity contribution < 1.29 is 41.6 Å². The van der Waals surface area contributed by atoms with Crippen molar-refractivity contribution in [1.82, 2.24) is 30.0 Å². The van der Waals surface area contributed by atoms with E-state index in [-0.39, 0.29) is 23.4 Å². The molecule has 4 rings (SSSR count). The topological polar surface area (TPSA) is 120 Å². The minimum atomic E-state index is -2.71. The molecule has 0 saturated carbocycles. The Morgan fingerprint density at radius 1 is 1.08 bits per heavy atom. The molecule has 1 saturated heterocycles. The summed E-state index contributed by atoms with van der Waals surface area (Å²) < 4.78 is 81.7. The second-order valence-corrected chi connectivity index (χ2v) is 9.20. The van der Waals surface area contributed by atoms with E-state index in [9.17, 15) is 32.2 Å². The van der Waals surface area contributed by atoms with Crippen molar-refractivity contribution in [3.63, 3.8) is 0 Å². The van der Waals surface area contributed by atoms with Crippen LogP contribution in [0.15, 0.2) is 24.5 Å². The minimum absolute atomic E-state index is 0.0108. The van der Waals surface area contributed by atoms with Crippen molar-refractivity contribution in [1.29, 1.82) is 0 Å². The third-order valence-electron chi connectivity index (χ3n) is 6.44. The quantitative estimate of drug-likeness (QED) is 0.333. The maximum absolute atomic E-state index is 14.3. The van der Waals surface area contributed by atoms with Gasteiger partial charge in [-0.15, -0.1) is 10.2 Å². The Hall–Kier alpha value is -3.01. The van der Waals surface area contributed by atoms with Gasteiger partial charge in [0.15, 0.2) is 17.5 Å². The van der Waals surface area contributed by atoms with Gasteiger partial charge in [0.1, 0.15) is 35.6 Å². The zero-order chi connectivity index (χ0) is 27.1.